The molecule has 3 aromatic rings. The molecule has 0 aliphatic carbocycles. The van der Waals surface area contributed by atoms with Crippen LogP contribution in [0.25, 0.3) is 16.6 Å². The molecule has 0 atom stereocenters. The minimum Gasteiger partial charge on any atom is -0.495 e. The second-order valence-electron chi connectivity index (χ2n) is 9.83. The molecule has 0 radical (unpaired) electrons. The molecule has 0 saturated carbocycles. The first-order valence-corrected chi connectivity index (χ1v) is 11.9. The number of fused-ring (bicyclic) bond motifs is 1. The molecular weight excluding hydrogens is 462 g/mol. The van der Waals surface area contributed by atoms with Crippen LogP contribution in [0.5, 0.6) is 5.75 Å². The number of carbonyl (C=O) groups excluding carboxylic acids is 2. The molecule has 2 amide bonds. The molecule has 2 aromatic heterocycles. The van der Waals surface area contributed by atoms with Crippen molar-refractivity contribution in [2.24, 2.45) is 0 Å². The van der Waals surface area contributed by atoms with Gasteiger partial charge in [0.05, 0.1) is 12.8 Å². The molecule has 0 unspecified atom stereocenters. The van der Waals surface area contributed by atoms with Crippen LogP contribution >= 0.6 is 0 Å². The average molecular weight is 496 g/mol. The van der Waals surface area contributed by atoms with E-state index in [1.165, 1.54) is 6.33 Å². The van der Waals surface area contributed by atoms with Crippen LogP contribution in [0.3, 0.4) is 0 Å². The molecular formula is C25H33N7O4. The van der Waals surface area contributed by atoms with Gasteiger partial charge in [-0.2, -0.15) is 5.10 Å². The topological polar surface area (TPSA) is 136 Å². The Morgan fingerprint density at radius 2 is 1.89 bits per heavy atom. The minimum atomic E-state index is -0.618. The first-order chi connectivity index (χ1) is 17.1. The van der Waals surface area contributed by atoms with Gasteiger partial charge < -0.3 is 25.4 Å². The predicted molar refractivity (Wildman–Crippen MR) is 138 cm³/mol. The Morgan fingerprint density at radius 3 is 2.53 bits per heavy atom. The summed E-state index contributed by atoms with van der Waals surface area (Å²) in [5, 5.41) is 10.2. The van der Waals surface area contributed by atoms with E-state index in [1.807, 2.05) is 18.2 Å². The number of carbonyl (C=O) groups is 2. The summed E-state index contributed by atoms with van der Waals surface area (Å²) in [5.74, 6) is 1.72. The molecule has 1 aliphatic heterocycles. The largest absolute Gasteiger partial charge is 0.495 e. The molecule has 1 aromatic carbocycles. The van der Waals surface area contributed by atoms with E-state index in [0.717, 1.165) is 42.9 Å². The van der Waals surface area contributed by atoms with Crippen LogP contribution in [0.15, 0.2) is 30.6 Å². The number of hydrogen-bond donors (Lipinski definition) is 3. The van der Waals surface area contributed by atoms with E-state index in [0.29, 0.717) is 22.8 Å². The van der Waals surface area contributed by atoms with Gasteiger partial charge in [0, 0.05) is 31.6 Å². The lowest BCUT2D eigenvalue weighted by molar-refractivity contribution is -0.119. The number of methoxy groups -OCH3 is 1. The second-order valence-corrected chi connectivity index (χ2v) is 9.83. The molecule has 0 spiro atoms. The zero-order chi connectivity index (χ0) is 26.0. The predicted octanol–water partition coefficient (Wildman–Crippen LogP) is 3.44. The number of rotatable bonds is 5. The van der Waals surface area contributed by atoms with E-state index in [2.05, 4.69) is 25.6 Å². The summed E-state index contributed by atoms with van der Waals surface area (Å²) >= 11 is 0. The van der Waals surface area contributed by atoms with Crippen molar-refractivity contribution in [3.8, 4) is 16.9 Å². The van der Waals surface area contributed by atoms with Gasteiger partial charge in [-0.1, -0.05) is 6.07 Å². The highest BCUT2D eigenvalue weighted by Gasteiger charge is 2.25. The van der Waals surface area contributed by atoms with Crippen molar-refractivity contribution in [2.45, 2.75) is 52.2 Å². The number of ether oxygens (including phenoxy) is 2. The molecule has 192 valence electrons. The fourth-order valence-corrected chi connectivity index (χ4v) is 4.41. The Kier molecular flexibility index (Phi) is 6.91. The minimum absolute atomic E-state index is 0.0112. The number of benzene rings is 1. The van der Waals surface area contributed by atoms with E-state index in [9.17, 15) is 9.59 Å². The van der Waals surface area contributed by atoms with Crippen LogP contribution in [0.4, 0.5) is 22.1 Å². The number of hydrogen-bond acceptors (Lipinski definition) is 8. The third kappa shape index (κ3) is 5.45. The number of aromatic nitrogens is 3. The molecule has 36 heavy (non-hydrogen) atoms. The van der Waals surface area contributed by atoms with Gasteiger partial charge in [-0.05, 0) is 57.4 Å². The zero-order valence-electron chi connectivity index (χ0n) is 21.3. The van der Waals surface area contributed by atoms with Crippen molar-refractivity contribution in [1.82, 2.24) is 19.9 Å². The lowest BCUT2D eigenvalue weighted by Gasteiger charge is -2.33. The molecule has 4 rings (SSSR count). The normalized spacial score (nSPS) is 14.5. The zero-order valence-corrected chi connectivity index (χ0v) is 21.3. The van der Waals surface area contributed by atoms with Gasteiger partial charge in [-0.25, -0.2) is 14.3 Å². The van der Waals surface area contributed by atoms with Crippen LogP contribution < -0.4 is 26.0 Å². The average Bonchev–Trinajstić information content (AvgIpc) is 3.19. The SMILES string of the molecule is COc1cc(-c2cc(N3CCC(NC(C)=O)CC3)n3ncnc(N)c23)ccc1NC(=O)OC(C)(C)C. The van der Waals surface area contributed by atoms with Gasteiger partial charge in [0.2, 0.25) is 5.91 Å². The summed E-state index contributed by atoms with van der Waals surface area (Å²) in [6, 6.07) is 7.68. The summed E-state index contributed by atoms with van der Waals surface area (Å²) in [4.78, 5) is 30.1. The number of nitrogen functional groups attached to an aromatic ring is 1. The van der Waals surface area contributed by atoms with E-state index in [4.69, 9.17) is 15.2 Å². The standard InChI is InChI=1S/C25H33N7O4/c1-15(33)29-17-8-10-31(11-9-17)21-13-18(22-23(26)27-14-28-32(21)22)16-6-7-19(20(12-16)35-5)30-24(34)36-25(2,3)4/h6-7,12-14,17H,8-11H2,1-5H3,(H,29,33)(H,30,34)(H2,26,27,28). The summed E-state index contributed by atoms with van der Waals surface area (Å²) in [6.07, 6.45) is 2.54. The fourth-order valence-electron chi connectivity index (χ4n) is 4.41. The molecule has 4 N–H and O–H groups in total. The lowest BCUT2D eigenvalue weighted by Crippen LogP contribution is -2.44. The van der Waals surface area contributed by atoms with Crippen LogP contribution in [0.1, 0.15) is 40.5 Å². The maximum absolute atomic E-state index is 12.3. The van der Waals surface area contributed by atoms with E-state index in [-0.39, 0.29) is 11.9 Å². The smallest absolute Gasteiger partial charge is 0.412 e. The molecule has 0 bridgehead atoms. The van der Waals surface area contributed by atoms with Crippen molar-refractivity contribution < 1.29 is 19.1 Å². The maximum atomic E-state index is 12.3. The number of nitrogens with one attached hydrogen (secondary N) is 2. The Hall–Kier alpha value is -4.02. The van der Waals surface area contributed by atoms with E-state index >= 15 is 0 Å². The van der Waals surface area contributed by atoms with Crippen molar-refractivity contribution in [3.05, 3.63) is 30.6 Å². The van der Waals surface area contributed by atoms with Crippen LogP contribution in [-0.2, 0) is 9.53 Å². The van der Waals surface area contributed by atoms with Gasteiger partial charge in [-0.15, -0.1) is 0 Å². The van der Waals surface area contributed by atoms with Crippen molar-refractivity contribution >= 4 is 34.8 Å². The highest BCUT2D eigenvalue weighted by molar-refractivity contribution is 5.93. The number of nitrogens with two attached hydrogens (primary N) is 1. The van der Waals surface area contributed by atoms with Crippen molar-refractivity contribution in [1.29, 1.82) is 0 Å². The molecule has 3 heterocycles. The molecule has 11 heteroatoms. The lowest BCUT2D eigenvalue weighted by atomic mass is 10.0. The number of nitrogens with zero attached hydrogens (tertiary/aromatic N) is 4. The van der Waals surface area contributed by atoms with E-state index in [1.54, 1.807) is 45.4 Å². The quantitative estimate of drug-likeness (QED) is 0.490. The third-order valence-corrected chi connectivity index (χ3v) is 5.94. The maximum Gasteiger partial charge on any atom is 0.412 e. The first kappa shape index (κ1) is 25.1. The Balaban J connectivity index is 1.66. The number of piperidine rings is 1. The van der Waals surface area contributed by atoms with Gasteiger partial charge in [-0.3, -0.25) is 10.1 Å². The monoisotopic (exact) mass is 495 g/mol. The van der Waals surface area contributed by atoms with Gasteiger partial charge >= 0.3 is 6.09 Å². The van der Waals surface area contributed by atoms with Crippen LogP contribution in [0, 0.1) is 0 Å². The molecule has 1 saturated heterocycles. The van der Waals surface area contributed by atoms with Crippen molar-refractivity contribution in [2.75, 3.05) is 36.1 Å². The first-order valence-electron chi connectivity index (χ1n) is 11.9. The second kappa shape index (κ2) is 9.92. The van der Waals surface area contributed by atoms with E-state index < -0.39 is 11.7 Å². The van der Waals surface area contributed by atoms with Gasteiger partial charge in [0.25, 0.3) is 0 Å². The van der Waals surface area contributed by atoms with Crippen LogP contribution in [0.2, 0.25) is 0 Å². The van der Waals surface area contributed by atoms with Gasteiger partial charge in [0.1, 0.15) is 29.0 Å². The number of anilines is 3. The van der Waals surface area contributed by atoms with Crippen molar-refractivity contribution in [3.63, 3.8) is 0 Å². The molecule has 11 nitrogen and oxygen atoms in total. The summed E-state index contributed by atoms with van der Waals surface area (Å²) in [6.45, 7) is 8.48. The summed E-state index contributed by atoms with van der Waals surface area (Å²) < 4.78 is 12.7. The van der Waals surface area contributed by atoms with Crippen LogP contribution in [-0.4, -0.2) is 58.4 Å². The third-order valence-electron chi connectivity index (χ3n) is 5.94. The highest BCUT2D eigenvalue weighted by atomic mass is 16.6. The fraction of sp³-hybridized carbons (Fsp3) is 0.440. The summed E-state index contributed by atoms with van der Waals surface area (Å²) in [5.41, 5.74) is 8.53. The Morgan fingerprint density at radius 1 is 1.17 bits per heavy atom. The van der Waals surface area contributed by atoms with Gasteiger partial charge in [0.15, 0.2) is 5.82 Å². The summed E-state index contributed by atoms with van der Waals surface area (Å²) in [7, 11) is 1.54. The Labute approximate surface area is 210 Å². The number of amides is 2. The molecule has 1 aliphatic rings. The highest BCUT2D eigenvalue weighted by Crippen LogP contribution is 2.38. The molecule has 1 fully saturated rings. The Bertz CT molecular complexity index is 1270.